The first-order valence-corrected chi connectivity index (χ1v) is 6.30. The zero-order chi connectivity index (χ0) is 13.8. The van der Waals surface area contributed by atoms with Crippen molar-refractivity contribution in [3.05, 3.63) is 24.1 Å². The van der Waals surface area contributed by atoms with E-state index in [9.17, 15) is 4.39 Å². The first-order chi connectivity index (χ1) is 8.82. The van der Waals surface area contributed by atoms with E-state index >= 15 is 0 Å². The van der Waals surface area contributed by atoms with Gasteiger partial charge in [-0.3, -0.25) is 5.10 Å². The Morgan fingerprint density at radius 1 is 1.16 bits per heavy atom. The maximum atomic E-state index is 13.5. The number of nitrogens with zero attached hydrogens (tertiary/aromatic N) is 1. The molecule has 0 bridgehead atoms. The minimum Gasteiger partial charge on any atom is -0.399 e. The van der Waals surface area contributed by atoms with Gasteiger partial charge in [-0.05, 0) is 33.8 Å². The van der Waals surface area contributed by atoms with E-state index in [1.807, 2.05) is 33.8 Å². The van der Waals surface area contributed by atoms with E-state index in [2.05, 4.69) is 10.2 Å². The molecule has 0 atom stereocenters. The van der Waals surface area contributed by atoms with Gasteiger partial charge in [-0.15, -0.1) is 0 Å². The van der Waals surface area contributed by atoms with Crippen LogP contribution in [0, 0.1) is 5.95 Å². The number of halogens is 1. The van der Waals surface area contributed by atoms with Gasteiger partial charge >= 0.3 is 7.12 Å². The van der Waals surface area contributed by atoms with E-state index in [0.29, 0.717) is 10.9 Å². The van der Waals surface area contributed by atoms with Crippen LogP contribution in [-0.2, 0) is 9.31 Å². The minimum atomic E-state index is -0.531. The van der Waals surface area contributed by atoms with Crippen molar-refractivity contribution < 1.29 is 13.7 Å². The first kappa shape index (κ1) is 12.6. The summed E-state index contributed by atoms with van der Waals surface area (Å²) in [5, 5.41) is 6.80. The lowest BCUT2D eigenvalue weighted by Crippen LogP contribution is -2.41. The highest BCUT2D eigenvalue weighted by molar-refractivity contribution is 6.64. The van der Waals surface area contributed by atoms with Crippen molar-refractivity contribution in [2.24, 2.45) is 0 Å². The van der Waals surface area contributed by atoms with Gasteiger partial charge in [0.25, 0.3) is 0 Å². The zero-order valence-electron chi connectivity index (χ0n) is 11.5. The molecule has 0 aliphatic carbocycles. The molecule has 1 fully saturated rings. The summed E-state index contributed by atoms with van der Waals surface area (Å²) >= 11 is 0. The maximum absolute atomic E-state index is 13.5. The largest absolute Gasteiger partial charge is 0.497 e. The number of nitrogens with one attached hydrogen (secondary N) is 1. The molecule has 1 aliphatic heterocycles. The number of para-hydroxylation sites is 1. The number of aromatic nitrogens is 2. The van der Waals surface area contributed by atoms with Crippen molar-refractivity contribution in [1.82, 2.24) is 10.2 Å². The Balaban J connectivity index is 2.07. The van der Waals surface area contributed by atoms with Gasteiger partial charge in [0, 0.05) is 5.46 Å². The fraction of sp³-hybridized carbons (Fsp3) is 0.462. The Bertz CT molecular complexity index is 623. The van der Waals surface area contributed by atoms with Crippen molar-refractivity contribution in [2.75, 3.05) is 0 Å². The number of benzene rings is 1. The van der Waals surface area contributed by atoms with Gasteiger partial charge in [0.2, 0.25) is 5.95 Å². The quantitative estimate of drug-likeness (QED) is 0.799. The summed E-state index contributed by atoms with van der Waals surface area (Å²) < 4.78 is 25.5. The molecule has 1 saturated heterocycles. The van der Waals surface area contributed by atoms with Crippen LogP contribution < -0.4 is 5.46 Å². The third kappa shape index (κ3) is 1.78. The summed E-state index contributed by atoms with van der Waals surface area (Å²) in [6.07, 6.45) is 0. The molecule has 3 rings (SSSR count). The third-order valence-electron chi connectivity index (χ3n) is 4.08. The molecule has 0 saturated carbocycles. The predicted octanol–water partition coefficient (Wildman–Crippen LogP) is 2.00. The standard InChI is InChI=1S/C13H16BFN2O2/c1-12(2)13(3,4)19-14(18-12)9-7-5-6-8-10(9)16-17-11(8)15/h5-7H,1-4H3,(H,16,17). The number of fused-ring (bicyclic) bond motifs is 1. The molecule has 2 heterocycles. The van der Waals surface area contributed by atoms with E-state index < -0.39 is 24.3 Å². The molecule has 0 radical (unpaired) electrons. The summed E-state index contributed by atoms with van der Waals surface area (Å²) in [6, 6.07) is 5.31. The molecular formula is C13H16BFN2O2. The molecule has 0 spiro atoms. The topological polar surface area (TPSA) is 47.1 Å². The van der Waals surface area contributed by atoms with Crippen LogP contribution in [-0.4, -0.2) is 28.5 Å². The number of rotatable bonds is 1. The zero-order valence-corrected chi connectivity index (χ0v) is 11.5. The van der Waals surface area contributed by atoms with Crippen LogP contribution in [0.25, 0.3) is 10.9 Å². The second kappa shape index (κ2) is 3.80. The number of hydrogen-bond acceptors (Lipinski definition) is 3. The Hall–Kier alpha value is -1.40. The summed E-state index contributed by atoms with van der Waals surface area (Å²) in [7, 11) is -0.531. The lowest BCUT2D eigenvalue weighted by Gasteiger charge is -2.32. The van der Waals surface area contributed by atoms with E-state index in [0.717, 1.165) is 5.46 Å². The highest BCUT2D eigenvalue weighted by atomic mass is 19.1. The highest BCUT2D eigenvalue weighted by Gasteiger charge is 2.52. The van der Waals surface area contributed by atoms with Gasteiger partial charge in [-0.2, -0.15) is 9.49 Å². The van der Waals surface area contributed by atoms with Crippen LogP contribution in [0.15, 0.2) is 18.2 Å². The van der Waals surface area contributed by atoms with Crippen molar-refractivity contribution in [3.8, 4) is 0 Å². The second-order valence-electron chi connectivity index (χ2n) is 5.87. The van der Waals surface area contributed by atoms with Crippen LogP contribution >= 0.6 is 0 Å². The number of hydrogen-bond donors (Lipinski definition) is 1. The molecular weight excluding hydrogens is 246 g/mol. The van der Waals surface area contributed by atoms with E-state index in [4.69, 9.17) is 9.31 Å². The summed E-state index contributed by atoms with van der Waals surface area (Å²) in [5.41, 5.74) is 0.457. The van der Waals surface area contributed by atoms with Crippen LogP contribution in [0.4, 0.5) is 4.39 Å². The summed E-state index contributed by atoms with van der Waals surface area (Å²) in [5.74, 6) is -0.437. The molecule has 0 amide bonds. The predicted molar refractivity (Wildman–Crippen MR) is 71.8 cm³/mol. The Morgan fingerprint density at radius 2 is 1.79 bits per heavy atom. The fourth-order valence-corrected chi connectivity index (χ4v) is 2.19. The molecule has 0 unspecified atom stereocenters. The third-order valence-corrected chi connectivity index (χ3v) is 4.08. The van der Waals surface area contributed by atoms with Crippen LogP contribution in [0.1, 0.15) is 27.7 Å². The highest BCUT2D eigenvalue weighted by Crippen LogP contribution is 2.36. The number of H-pyrrole nitrogens is 1. The smallest absolute Gasteiger partial charge is 0.399 e. The molecule has 1 N–H and O–H groups in total. The maximum Gasteiger partial charge on any atom is 0.497 e. The van der Waals surface area contributed by atoms with Crippen molar-refractivity contribution in [3.63, 3.8) is 0 Å². The van der Waals surface area contributed by atoms with Gasteiger partial charge in [-0.25, -0.2) is 0 Å². The monoisotopic (exact) mass is 262 g/mol. The second-order valence-corrected chi connectivity index (χ2v) is 5.87. The summed E-state index contributed by atoms with van der Waals surface area (Å²) in [6.45, 7) is 7.94. The van der Waals surface area contributed by atoms with Crippen LogP contribution in [0.3, 0.4) is 0 Å². The van der Waals surface area contributed by atoms with Crippen LogP contribution in [0.5, 0.6) is 0 Å². The lowest BCUT2D eigenvalue weighted by molar-refractivity contribution is 0.00578. The molecule has 100 valence electrons. The van der Waals surface area contributed by atoms with Gasteiger partial charge in [-0.1, -0.05) is 12.1 Å². The minimum absolute atomic E-state index is 0.422. The van der Waals surface area contributed by atoms with E-state index in [1.54, 1.807) is 12.1 Å². The van der Waals surface area contributed by atoms with Crippen molar-refractivity contribution in [2.45, 2.75) is 38.9 Å². The lowest BCUT2D eigenvalue weighted by atomic mass is 9.78. The SMILES string of the molecule is CC1(C)OB(c2cccc3c(F)[nH]nc23)OC1(C)C. The van der Waals surface area contributed by atoms with E-state index in [1.165, 1.54) is 0 Å². The van der Waals surface area contributed by atoms with Crippen molar-refractivity contribution >= 4 is 23.5 Å². The van der Waals surface area contributed by atoms with Gasteiger partial charge in [0.15, 0.2) is 0 Å². The summed E-state index contributed by atoms with van der Waals surface area (Å²) in [4.78, 5) is 0. The number of aromatic amines is 1. The molecule has 1 aliphatic rings. The van der Waals surface area contributed by atoms with E-state index in [-0.39, 0.29) is 0 Å². The van der Waals surface area contributed by atoms with Crippen LogP contribution in [0.2, 0.25) is 0 Å². The molecule has 4 nitrogen and oxygen atoms in total. The first-order valence-electron chi connectivity index (χ1n) is 6.30. The fourth-order valence-electron chi connectivity index (χ4n) is 2.19. The average molecular weight is 262 g/mol. The average Bonchev–Trinajstić information content (AvgIpc) is 2.78. The van der Waals surface area contributed by atoms with Gasteiger partial charge in [0.05, 0.1) is 22.1 Å². The van der Waals surface area contributed by atoms with Gasteiger partial charge < -0.3 is 9.31 Å². The Labute approximate surface area is 111 Å². The molecule has 1 aromatic carbocycles. The molecule has 1 aromatic heterocycles. The Kier molecular flexibility index (Phi) is 2.53. The Morgan fingerprint density at radius 3 is 2.42 bits per heavy atom. The van der Waals surface area contributed by atoms with Gasteiger partial charge in [0.1, 0.15) is 0 Å². The normalized spacial score (nSPS) is 21.2. The van der Waals surface area contributed by atoms with Crippen molar-refractivity contribution in [1.29, 1.82) is 0 Å². The molecule has 6 heteroatoms. The molecule has 19 heavy (non-hydrogen) atoms. The molecule has 2 aromatic rings.